The Hall–Kier alpha value is -1.43. The molecule has 1 aromatic carbocycles. The minimum Gasteiger partial charge on any atom is -0.380 e. The van der Waals surface area contributed by atoms with Gasteiger partial charge in [0.05, 0.1) is 12.1 Å². The zero-order valence-corrected chi connectivity index (χ0v) is 12.1. The van der Waals surface area contributed by atoms with Gasteiger partial charge in [-0.1, -0.05) is 12.1 Å². The Bertz CT molecular complexity index is 464. The van der Waals surface area contributed by atoms with Crippen molar-refractivity contribution in [2.75, 3.05) is 25.5 Å². The van der Waals surface area contributed by atoms with Gasteiger partial charge < -0.3 is 15.8 Å². The van der Waals surface area contributed by atoms with E-state index in [4.69, 9.17) is 10.5 Å². The van der Waals surface area contributed by atoms with Gasteiger partial charge in [-0.2, -0.15) is 0 Å². The molecule has 0 aliphatic carbocycles. The van der Waals surface area contributed by atoms with Crippen molar-refractivity contribution < 1.29 is 9.53 Å². The Morgan fingerprint density at radius 2 is 2.40 bits per heavy atom. The first-order valence-electron chi connectivity index (χ1n) is 7.00. The molecule has 2 rings (SSSR count). The number of amides is 1. The summed E-state index contributed by atoms with van der Waals surface area (Å²) < 4.78 is 5.33. The molecule has 1 heterocycles. The van der Waals surface area contributed by atoms with Gasteiger partial charge >= 0.3 is 0 Å². The van der Waals surface area contributed by atoms with Crippen molar-refractivity contribution in [1.82, 2.24) is 4.90 Å². The van der Waals surface area contributed by atoms with E-state index in [0.717, 1.165) is 30.8 Å². The first-order valence-corrected chi connectivity index (χ1v) is 7.00. The summed E-state index contributed by atoms with van der Waals surface area (Å²) in [7, 11) is 1.72. The van der Waals surface area contributed by atoms with Crippen LogP contribution >= 0.6 is 0 Å². The van der Waals surface area contributed by atoms with E-state index < -0.39 is 0 Å². The van der Waals surface area contributed by atoms with Gasteiger partial charge in [0.15, 0.2) is 0 Å². The SMILES string of the molecule is COC1CCN(C(C)C(=O)Nc2cccc(CN)c2)C1. The minimum absolute atomic E-state index is 0.0101. The average molecular weight is 277 g/mol. The summed E-state index contributed by atoms with van der Waals surface area (Å²) in [6.07, 6.45) is 1.22. The van der Waals surface area contributed by atoms with Gasteiger partial charge in [-0.15, -0.1) is 0 Å². The van der Waals surface area contributed by atoms with Gasteiger partial charge in [0.2, 0.25) is 5.91 Å². The molecule has 0 aromatic heterocycles. The van der Waals surface area contributed by atoms with Crippen molar-refractivity contribution in [3.05, 3.63) is 29.8 Å². The van der Waals surface area contributed by atoms with E-state index in [0.29, 0.717) is 6.54 Å². The second-order valence-corrected chi connectivity index (χ2v) is 5.21. The van der Waals surface area contributed by atoms with Crippen LogP contribution in [0.15, 0.2) is 24.3 Å². The second-order valence-electron chi connectivity index (χ2n) is 5.21. The van der Waals surface area contributed by atoms with Crippen molar-refractivity contribution in [2.45, 2.75) is 32.0 Å². The molecular weight excluding hydrogens is 254 g/mol. The number of carbonyl (C=O) groups is 1. The zero-order chi connectivity index (χ0) is 14.5. The molecule has 110 valence electrons. The Morgan fingerprint density at radius 3 is 3.05 bits per heavy atom. The Labute approximate surface area is 120 Å². The lowest BCUT2D eigenvalue weighted by Gasteiger charge is -2.23. The van der Waals surface area contributed by atoms with Gasteiger partial charge in [0, 0.05) is 32.4 Å². The fourth-order valence-corrected chi connectivity index (χ4v) is 2.49. The largest absolute Gasteiger partial charge is 0.380 e. The standard InChI is InChI=1S/C15H23N3O2/c1-11(18-7-6-14(10-18)20-2)15(19)17-13-5-3-4-12(8-13)9-16/h3-5,8,11,14H,6-7,9-10,16H2,1-2H3,(H,17,19). The van der Waals surface area contributed by atoms with E-state index in [9.17, 15) is 4.79 Å². The molecule has 0 saturated carbocycles. The molecule has 1 fully saturated rings. The number of hydrogen-bond donors (Lipinski definition) is 2. The summed E-state index contributed by atoms with van der Waals surface area (Å²) in [6, 6.07) is 7.48. The molecule has 1 aliphatic rings. The van der Waals surface area contributed by atoms with Gasteiger partial charge in [0.25, 0.3) is 0 Å². The van der Waals surface area contributed by atoms with Crippen molar-refractivity contribution in [1.29, 1.82) is 0 Å². The number of ether oxygens (including phenoxy) is 1. The summed E-state index contributed by atoms with van der Waals surface area (Å²) in [5.74, 6) is 0.0101. The molecule has 0 bridgehead atoms. The quantitative estimate of drug-likeness (QED) is 0.848. The fraction of sp³-hybridized carbons (Fsp3) is 0.533. The third-order valence-electron chi connectivity index (χ3n) is 3.87. The van der Waals surface area contributed by atoms with Crippen molar-refractivity contribution >= 4 is 11.6 Å². The molecule has 1 aliphatic heterocycles. The molecule has 3 N–H and O–H groups in total. The number of nitrogens with zero attached hydrogens (tertiary/aromatic N) is 1. The summed E-state index contributed by atoms with van der Waals surface area (Å²) in [4.78, 5) is 14.4. The third kappa shape index (κ3) is 3.56. The van der Waals surface area contributed by atoms with Crippen LogP contribution in [0.5, 0.6) is 0 Å². The summed E-state index contributed by atoms with van der Waals surface area (Å²) in [5.41, 5.74) is 7.41. The number of benzene rings is 1. The van der Waals surface area contributed by atoms with Crippen LogP contribution in [0.1, 0.15) is 18.9 Å². The predicted octanol–water partition coefficient (Wildman–Crippen LogP) is 1.19. The number of nitrogens with two attached hydrogens (primary N) is 1. The molecule has 1 amide bonds. The van der Waals surface area contributed by atoms with E-state index in [1.165, 1.54) is 0 Å². The minimum atomic E-state index is -0.156. The maximum atomic E-state index is 12.3. The fourth-order valence-electron chi connectivity index (χ4n) is 2.49. The van der Waals surface area contributed by atoms with Gasteiger partial charge in [-0.05, 0) is 31.0 Å². The van der Waals surface area contributed by atoms with Crippen LogP contribution < -0.4 is 11.1 Å². The Balaban J connectivity index is 1.94. The molecule has 0 spiro atoms. The van der Waals surface area contributed by atoms with Crippen LogP contribution in [0, 0.1) is 0 Å². The number of methoxy groups -OCH3 is 1. The van der Waals surface area contributed by atoms with Gasteiger partial charge in [-0.3, -0.25) is 9.69 Å². The lowest BCUT2D eigenvalue weighted by Crippen LogP contribution is -2.41. The highest BCUT2D eigenvalue weighted by atomic mass is 16.5. The molecule has 1 saturated heterocycles. The maximum Gasteiger partial charge on any atom is 0.241 e. The molecule has 2 unspecified atom stereocenters. The van der Waals surface area contributed by atoms with E-state index in [2.05, 4.69) is 10.2 Å². The number of hydrogen-bond acceptors (Lipinski definition) is 4. The van der Waals surface area contributed by atoms with E-state index in [-0.39, 0.29) is 18.1 Å². The Kier molecular flexibility index (Phi) is 5.11. The molecular formula is C15H23N3O2. The van der Waals surface area contributed by atoms with Gasteiger partial charge in [-0.25, -0.2) is 0 Å². The van der Waals surface area contributed by atoms with E-state index >= 15 is 0 Å². The molecule has 1 aromatic rings. The number of carbonyl (C=O) groups excluding carboxylic acids is 1. The van der Waals surface area contributed by atoms with Crippen molar-refractivity contribution in [3.63, 3.8) is 0 Å². The topological polar surface area (TPSA) is 67.6 Å². The Morgan fingerprint density at radius 1 is 1.60 bits per heavy atom. The van der Waals surface area contributed by atoms with E-state index in [1.54, 1.807) is 7.11 Å². The number of nitrogens with one attached hydrogen (secondary N) is 1. The van der Waals surface area contributed by atoms with Crippen molar-refractivity contribution in [2.24, 2.45) is 5.73 Å². The van der Waals surface area contributed by atoms with Crippen LogP contribution in [-0.2, 0) is 16.1 Å². The van der Waals surface area contributed by atoms with Crippen molar-refractivity contribution in [3.8, 4) is 0 Å². The van der Waals surface area contributed by atoms with Crippen LogP contribution in [0.25, 0.3) is 0 Å². The molecule has 5 heteroatoms. The summed E-state index contributed by atoms with van der Waals surface area (Å²) in [5, 5.41) is 2.95. The lowest BCUT2D eigenvalue weighted by atomic mass is 10.2. The first kappa shape index (κ1) is 15.0. The van der Waals surface area contributed by atoms with Crippen LogP contribution in [0.3, 0.4) is 0 Å². The average Bonchev–Trinajstić information content (AvgIpc) is 2.95. The first-order chi connectivity index (χ1) is 9.63. The highest BCUT2D eigenvalue weighted by molar-refractivity contribution is 5.94. The molecule has 2 atom stereocenters. The lowest BCUT2D eigenvalue weighted by molar-refractivity contribution is -0.120. The highest BCUT2D eigenvalue weighted by Crippen LogP contribution is 2.17. The molecule has 20 heavy (non-hydrogen) atoms. The zero-order valence-electron chi connectivity index (χ0n) is 12.1. The molecule has 5 nitrogen and oxygen atoms in total. The van der Waals surface area contributed by atoms with Gasteiger partial charge in [0.1, 0.15) is 0 Å². The predicted molar refractivity (Wildman–Crippen MR) is 79.4 cm³/mol. The van der Waals surface area contributed by atoms with Crippen LogP contribution in [-0.4, -0.2) is 43.2 Å². The third-order valence-corrected chi connectivity index (χ3v) is 3.87. The normalized spacial score (nSPS) is 20.9. The monoisotopic (exact) mass is 277 g/mol. The highest BCUT2D eigenvalue weighted by Gasteiger charge is 2.29. The number of likely N-dealkylation sites (tertiary alicyclic amines) is 1. The second kappa shape index (κ2) is 6.83. The molecule has 0 radical (unpaired) electrons. The summed E-state index contributed by atoms with van der Waals surface area (Å²) >= 11 is 0. The smallest absolute Gasteiger partial charge is 0.241 e. The summed E-state index contributed by atoms with van der Waals surface area (Å²) in [6.45, 7) is 4.12. The number of anilines is 1. The number of rotatable bonds is 5. The van der Waals surface area contributed by atoms with E-state index in [1.807, 2.05) is 31.2 Å². The van der Waals surface area contributed by atoms with Crippen LogP contribution in [0.4, 0.5) is 5.69 Å². The van der Waals surface area contributed by atoms with Crippen LogP contribution in [0.2, 0.25) is 0 Å². The maximum absolute atomic E-state index is 12.3.